The quantitative estimate of drug-likeness (QED) is 0.892. The van der Waals surface area contributed by atoms with E-state index in [9.17, 15) is 17.6 Å². The van der Waals surface area contributed by atoms with E-state index in [0.29, 0.717) is 29.8 Å². The number of halogens is 1. The third-order valence-electron chi connectivity index (χ3n) is 4.53. The first kappa shape index (κ1) is 18.4. The molecule has 7 heteroatoms. The summed E-state index contributed by atoms with van der Waals surface area (Å²) in [5.41, 5.74) is 3.29. The van der Waals surface area contributed by atoms with Crippen LogP contribution in [0.3, 0.4) is 0 Å². The van der Waals surface area contributed by atoms with E-state index in [2.05, 4.69) is 5.32 Å². The summed E-state index contributed by atoms with van der Waals surface area (Å²) in [7, 11) is -3.35. The van der Waals surface area contributed by atoms with Crippen LogP contribution in [0.25, 0.3) is 0 Å². The molecule has 0 aromatic heterocycles. The van der Waals surface area contributed by atoms with Gasteiger partial charge in [-0.15, -0.1) is 0 Å². The molecule has 2 aromatic rings. The van der Waals surface area contributed by atoms with Gasteiger partial charge in [0.1, 0.15) is 5.82 Å². The van der Waals surface area contributed by atoms with Crippen LogP contribution in [-0.4, -0.2) is 26.6 Å². The van der Waals surface area contributed by atoms with Crippen molar-refractivity contribution in [1.29, 1.82) is 0 Å². The first-order valence-corrected chi connectivity index (χ1v) is 10.2. The zero-order valence-corrected chi connectivity index (χ0v) is 15.7. The second kappa shape index (κ2) is 6.72. The van der Waals surface area contributed by atoms with E-state index in [0.717, 1.165) is 11.1 Å². The van der Waals surface area contributed by atoms with Crippen molar-refractivity contribution in [3.8, 4) is 0 Å². The molecule has 1 aliphatic heterocycles. The van der Waals surface area contributed by atoms with E-state index in [1.165, 1.54) is 16.6 Å². The standard InChI is InChI=1S/C19H21FN2O3S/c1-12-8-14(4-6-17(12)20)11-21-19(23)15-5-7-18-16(10-15)9-13(2)22(18)26(3,24)25/h4-8,10,13H,9,11H2,1-3H3,(H,21,23)/t13-/m0/s1. The number of carbonyl (C=O) groups is 1. The lowest BCUT2D eigenvalue weighted by atomic mass is 10.1. The van der Waals surface area contributed by atoms with Gasteiger partial charge in [0.05, 0.1) is 11.9 Å². The van der Waals surface area contributed by atoms with Crippen molar-refractivity contribution in [2.24, 2.45) is 0 Å². The smallest absolute Gasteiger partial charge is 0.251 e. The average Bonchev–Trinajstić information content (AvgIpc) is 2.90. The summed E-state index contributed by atoms with van der Waals surface area (Å²) in [5.74, 6) is -0.525. The highest BCUT2D eigenvalue weighted by Crippen LogP contribution is 2.34. The Morgan fingerprint density at radius 1 is 1.27 bits per heavy atom. The van der Waals surface area contributed by atoms with Gasteiger partial charge in [-0.1, -0.05) is 12.1 Å². The molecule has 0 saturated heterocycles. The van der Waals surface area contributed by atoms with Crippen LogP contribution >= 0.6 is 0 Å². The molecule has 0 radical (unpaired) electrons. The van der Waals surface area contributed by atoms with Crippen LogP contribution in [-0.2, 0) is 23.0 Å². The highest BCUT2D eigenvalue weighted by Gasteiger charge is 2.32. The molecule has 0 fully saturated rings. The fraction of sp³-hybridized carbons (Fsp3) is 0.316. The number of fused-ring (bicyclic) bond motifs is 1. The molecule has 1 heterocycles. The molecule has 2 aromatic carbocycles. The highest BCUT2D eigenvalue weighted by atomic mass is 32.2. The molecule has 0 bridgehead atoms. The second-order valence-electron chi connectivity index (χ2n) is 6.72. The SMILES string of the molecule is Cc1cc(CNC(=O)c2ccc3c(c2)C[C@H](C)N3S(C)(=O)=O)ccc1F. The van der Waals surface area contributed by atoms with Crippen molar-refractivity contribution >= 4 is 21.6 Å². The summed E-state index contributed by atoms with van der Waals surface area (Å²) >= 11 is 0. The number of anilines is 1. The number of hydrogen-bond donors (Lipinski definition) is 1. The van der Waals surface area contributed by atoms with Gasteiger partial charge in [0.25, 0.3) is 5.91 Å². The lowest BCUT2D eigenvalue weighted by Crippen LogP contribution is -2.34. The van der Waals surface area contributed by atoms with Crippen molar-refractivity contribution in [3.63, 3.8) is 0 Å². The minimum absolute atomic E-state index is 0.166. The van der Waals surface area contributed by atoms with E-state index in [4.69, 9.17) is 0 Å². The largest absolute Gasteiger partial charge is 0.348 e. The van der Waals surface area contributed by atoms with Crippen molar-refractivity contribution < 1.29 is 17.6 Å². The molecule has 138 valence electrons. The molecule has 0 spiro atoms. The van der Waals surface area contributed by atoms with E-state index in [1.807, 2.05) is 6.92 Å². The first-order chi connectivity index (χ1) is 12.2. The molecule has 0 saturated carbocycles. The fourth-order valence-electron chi connectivity index (χ4n) is 3.35. The third kappa shape index (κ3) is 3.58. The number of sulfonamides is 1. The average molecular weight is 376 g/mol. The number of benzene rings is 2. The summed E-state index contributed by atoms with van der Waals surface area (Å²) in [6, 6.07) is 9.59. The highest BCUT2D eigenvalue weighted by molar-refractivity contribution is 7.92. The Morgan fingerprint density at radius 2 is 2.00 bits per heavy atom. The molecule has 5 nitrogen and oxygen atoms in total. The number of nitrogens with zero attached hydrogens (tertiary/aromatic N) is 1. The van der Waals surface area contributed by atoms with Crippen LogP contribution in [0.5, 0.6) is 0 Å². The summed E-state index contributed by atoms with van der Waals surface area (Å²) in [5, 5.41) is 2.81. The number of carbonyl (C=O) groups excluding carboxylic acids is 1. The Morgan fingerprint density at radius 3 is 2.65 bits per heavy atom. The van der Waals surface area contributed by atoms with Crippen LogP contribution in [0.2, 0.25) is 0 Å². The van der Waals surface area contributed by atoms with Gasteiger partial charge in [-0.2, -0.15) is 0 Å². The maximum atomic E-state index is 13.3. The first-order valence-electron chi connectivity index (χ1n) is 8.32. The van der Waals surface area contributed by atoms with Crippen molar-refractivity contribution in [2.45, 2.75) is 32.9 Å². The minimum Gasteiger partial charge on any atom is -0.348 e. The number of amides is 1. The van der Waals surface area contributed by atoms with E-state index in [-0.39, 0.29) is 17.8 Å². The normalized spacial score (nSPS) is 16.5. The Kier molecular flexibility index (Phi) is 4.75. The summed E-state index contributed by atoms with van der Waals surface area (Å²) in [6.07, 6.45) is 1.75. The minimum atomic E-state index is -3.35. The van der Waals surface area contributed by atoms with Crippen LogP contribution < -0.4 is 9.62 Å². The molecule has 0 aliphatic carbocycles. The molecule has 3 rings (SSSR count). The second-order valence-corrected chi connectivity index (χ2v) is 8.58. The van der Waals surface area contributed by atoms with Crippen molar-refractivity contribution in [2.75, 3.05) is 10.6 Å². The Balaban J connectivity index is 1.75. The van der Waals surface area contributed by atoms with Crippen LogP contribution in [0.4, 0.5) is 10.1 Å². The van der Waals surface area contributed by atoms with Crippen molar-refractivity contribution in [3.05, 3.63) is 64.5 Å². The topological polar surface area (TPSA) is 66.5 Å². The zero-order chi connectivity index (χ0) is 19.1. The zero-order valence-electron chi connectivity index (χ0n) is 14.9. The van der Waals surface area contributed by atoms with E-state index < -0.39 is 10.0 Å². The van der Waals surface area contributed by atoms with Crippen LogP contribution in [0.1, 0.15) is 34.0 Å². The summed E-state index contributed by atoms with van der Waals surface area (Å²) < 4.78 is 38.6. The molecular weight excluding hydrogens is 355 g/mol. The van der Waals surface area contributed by atoms with Gasteiger partial charge in [0.15, 0.2) is 0 Å². The number of aryl methyl sites for hydroxylation is 1. The van der Waals surface area contributed by atoms with E-state index >= 15 is 0 Å². The van der Waals surface area contributed by atoms with Gasteiger partial charge in [0.2, 0.25) is 10.0 Å². The predicted octanol–water partition coefficient (Wildman–Crippen LogP) is 2.77. The van der Waals surface area contributed by atoms with Gasteiger partial charge in [-0.25, -0.2) is 12.8 Å². The number of rotatable bonds is 4. The maximum Gasteiger partial charge on any atom is 0.251 e. The number of nitrogens with one attached hydrogen (secondary N) is 1. The van der Waals surface area contributed by atoms with Crippen molar-refractivity contribution in [1.82, 2.24) is 5.32 Å². The van der Waals surface area contributed by atoms with Gasteiger partial charge in [-0.05, 0) is 61.2 Å². The molecule has 1 amide bonds. The predicted molar refractivity (Wildman–Crippen MR) is 99.2 cm³/mol. The van der Waals surface area contributed by atoms with Gasteiger partial charge in [-0.3, -0.25) is 9.10 Å². The van der Waals surface area contributed by atoms with E-state index in [1.54, 1.807) is 37.3 Å². The van der Waals surface area contributed by atoms with Gasteiger partial charge < -0.3 is 5.32 Å². The van der Waals surface area contributed by atoms with Crippen LogP contribution in [0, 0.1) is 12.7 Å². The number of hydrogen-bond acceptors (Lipinski definition) is 3. The molecular formula is C19H21FN2O3S. The van der Waals surface area contributed by atoms with Crippen LogP contribution in [0.15, 0.2) is 36.4 Å². The monoisotopic (exact) mass is 376 g/mol. The molecule has 1 N–H and O–H groups in total. The Labute approximate surface area is 152 Å². The molecule has 0 unspecified atom stereocenters. The Hall–Kier alpha value is -2.41. The maximum absolute atomic E-state index is 13.3. The molecule has 26 heavy (non-hydrogen) atoms. The summed E-state index contributed by atoms with van der Waals surface area (Å²) in [4.78, 5) is 12.4. The Bertz CT molecular complexity index is 973. The lowest BCUT2D eigenvalue weighted by Gasteiger charge is -2.21. The fourth-order valence-corrected chi connectivity index (χ4v) is 4.61. The third-order valence-corrected chi connectivity index (χ3v) is 5.80. The molecule has 1 atom stereocenters. The lowest BCUT2D eigenvalue weighted by molar-refractivity contribution is 0.0951. The molecule has 1 aliphatic rings. The van der Waals surface area contributed by atoms with Gasteiger partial charge >= 0.3 is 0 Å². The summed E-state index contributed by atoms with van der Waals surface area (Å²) in [6.45, 7) is 3.82. The van der Waals surface area contributed by atoms with Gasteiger partial charge in [0, 0.05) is 18.2 Å².